The Labute approximate surface area is 589 Å². The number of aromatic nitrogens is 1. The van der Waals surface area contributed by atoms with Gasteiger partial charge in [0.1, 0.15) is 78.5 Å². The number of ether oxygens (including phenoxy) is 1. The van der Waals surface area contributed by atoms with Gasteiger partial charge in [0.05, 0.1) is 12.7 Å². The first-order valence-corrected chi connectivity index (χ1v) is 36.8. The van der Waals surface area contributed by atoms with Crippen molar-refractivity contribution in [1.29, 1.82) is 0 Å². The number of aliphatic hydroxyl groups excluding tert-OH is 5. The normalized spacial score (nSPS) is 23.0. The van der Waals surface area contributed by atoms with Crippen LogP contribution in [-0.4, -0.2) is 204 Å². The lowest BCUT2D eigenvalue weighted by Gasteiger charge is -2.40. The fourth-order valence-corrected chi connectivity index (χ4v) is 13.9. The molecule has 29 nitrogen and oxygen atoms in total. The number of para-hydroxylation sites is 1. The first-order chi connectivity index (χ1) is 48.0. The molecule has 31 heteroatoms. The molecule has 6 rings (SSSR count). The van der Waals surface area contributed by atoms with E-state index in [4.69, 9.17) is 16.2 Å². The molecule has 3 heterocycles. The number of aromatic amines is 1. The van der Waals surface area contributed by atoms with Gasteiger partial charge in [-0.15, -0.1) is 0 Å². The van der Waals surface area contributed by atoms with Crippen molar-refractivity contribution in [3.05, 3.63) is 102 Å². The molecule has 4 aromatic rings. The number of carbonyl (C=O) groups excluding carboxylic acids is 10. The highest BCUT2D eigenvalue weighted by Crippen LogP contribution is 2.26. The van der Waals surface area contributed by atoms with E-state index in [9.17, 15) is 64.2 Å². The summed E-state index contributed by atoms with van der Waals surface area (Å²) in [6.07, 6.45) is 0.996. The lowest BCUT2D eigenvalue weighted by atomic mass is 9.98. The van der Waals surface area contributed by atoms with Crippen LogP contribution < -0.4 is 59.3 Å². The number of unbranched alkanes of at least 4 members (excludes halogenated alkanes) is 10. The molecule has 0 radical (unpaired) electrons. The highest BCUT2D eigenvalue weighted by Gasteiger charge is 2.44. The largest absolute Gasteiger partial charge is 0.508 e. The second kappa shape index (κ2) is 42.4. The Morgan fingerprint density at radius 1 is 0.630 bits per heavy atom. The van der Waals surface area contributed by atoms with Crippen LogP contribution in [0.25, 0.3) is 10.9 Å². The summed E-state index contributed by atoms with van der Waals surface area (Å²) >= 11 is 0. The third-order valence-electron chi connectivity index (χ3n) is 17.4. The molecule has 2 fully saturated rings. The topological polar surface area (TPSA) is 477 Å². The van der Waals surface area contributed by atoms with Gasteiger partial charge in [-0.2, -0.15) is 0 Å². The maximum absolute atomic E-state index is 15.2. The summed E-state index contributed by atoms with van der Waals surface area (Å²) in [5.74, 6) is -9.51. The fraction of sp³-hybridized carbons (Fsp3) is 0.565. The average Bonchev–Trinajstić information content (AvgIpc) is 1.34. The number of H-pyrrole nitrogens is 1. The van der Waals surface area contributed by atoms with E-state index in [1.165, 1.54) is 37.6 Å². The maximum atomic E-state index is 15.2. The van der Waals surface area contributed by atoms with Crippen molar-refractivity contribution in [1.82, 2.24) is 52.8 Å². The highest BCUT2D eigenvalue weighted by atomic mass is 33.1. The second-order valence-electron chi connectivity index (χ2n) is 25.4. The summed E-state index contributed by atoms with van der Waals surface area (Å²) in [6, 6.07) is 9.82. The Kier molecular flexibility index (Phi) is 34.4. The number of hydrogen-bond donors (Lipinski definition) is 18. The molecule has 0 bridgehead atoms. The van der Waals surface area contributed by atoms with E-state index in [1.54, 1.807) is 48.7 Å². The fourth-order valence-electron chi connectivity index (χ4n) is 11.6. The molecule has 100 heavy (non-hydrogen) atoms. The van der Waals surface area contributed by atoms with Gasteiger partial charge >= 0.3 is 0 Å². The van der Waals surface area contributed by atoms with Gasteiger partial charge in [-0.3, -0.25) is 47.9 Å². The van der Waals surface area contributed by atoms with Gasteiger partial charge in [-0.1, -0.05) is 153 Å². The molecule has 5 unspecified atom stereocenters. The quantitative estimate of drug-likeness (QED) is 0.0216. The Morgan fingerprint density at radius 2 is 1.24 bits per heavy atom. The molecule has 10 amide bonds. The number of carbonyl (C=O) groups is 10. The summed E-state index contributed by atoms with van der Waals surface area (Å²) < 4.78 is 5.39. The molecule has 0 aliphatic carbocycles. The molecule has 2 aliphatic heterocycles. The zero-order chi connectivity index (χ0) is 72.7. The van der Waals surface area contributed by atoms with Crippen LogP contribution in [0.4, 0.5) is 0 Å². The van der Waals surface area contributed by atoms with E-state index in [1.807, 2.05) is 12.1 Å². The molecular formula is C69H100N12O17S2. The van der Waals surface area contributed by atoms with E-state index >= 15 is 14.4 Å². The van der Waals surface area contributed by atoms with Crippen LogP contribution in [0, 0.1) is 0 Å². The number of benzene rings is 3. The standard InChI is InChI=1S/C69H100N12O17S2/c1-3-4-5-6-7-8-9-10-11-15-24-47(73-55(85)30-31-56(86)80-69-60(89)59(88)58(87)54(37-82)98-69)62(91)75-49(33-41-20-13-12-14-21-41)65(94)79-52-38-99-100-39-53(68(97)81-57(40(2)83)61(71)90)78-63(92)48(25-18-19-32-70)74-66(95)51(35-43-36-72-46-23-17-16-22-45(43)46)77-64(93)50(76-67(52)96)34-42-26-28-44(84)29-27-42/h12-14,16-17,20-23,26-29,36,40,47-54,57-60,69,72,82-84,87-89H,3-11,15,18-19,24-25,30-35,37-39,70H2,1-2H3,(H2,71,90)(H,73,85)(H,74,95)(H,75,91)(H,76,96)(H,77,93)(H,78,92)(H,79,94)(H,80,86)(H,81,97)/t40-,47?,48?,49-,50?,51-,52?,53?,54-,57+,58-,59+,60-,69-/m1/s1. The molecule has 3 aromatic carbocycles. The van der Waals surface area contributed by atoms with Crippen molar-refractivity contribution in [2.45, 2.75) is 221 Å². The van der Waals surface area contributed by atoms with Crippen LogP contribution in [0.15, 0.2) is 85.1 Å². The summed E-state index contributed by atoms with van der Waals surface area (Å²) in [5.41, 5.74) is 13.7. The van der Waals surface area contributed by atoms with Crippen molar-refractivity contribution < 1.29 is 83.3 Å². The predicted molar refractivity (Wildman–Crippen MR) is 376 cm³/mol. The molecule has 2 saturated heterocycles. The summed E-state index contributed by atoms with van der Waals surface area (Å²) in [4.78, 5) is 147. The van der Waals surface area contributed by atoms with Gasteiger partial charge in [0.25, 0.3) is 0 Å². The Morgan fingerprint density at radius 3 is 1.90 bits per heavy atom. The van der Waals surface area contributed by atoms with Crippen LogP contribution in [0.1, 0.15) is 133 Å². The van der Waals surface area contributed by atoms with Crippen molar-refractivity contribution in [3.8, 4) is 5.75 Å². The SMILES string of the molecule is CCCCCCCCCCCCC(NC(=O)CCC(=O)N[C@@H]1O[C@H](CO)[C@@H](O)[C@H](O)[C@H]1O)C(=O)N[C@H](Cc1ccccc1)C(=O)NC1CSSCC(C(=O)N[C@H](C(N)=O)[C@@H](C)O)NC(=O)C(CCCCN)NC(=O)[C@@H](Cc2c[nH]c3ccccc23)NC(=O)C(Cc2ccc(O)cc2)NC1=O. The van der Waals surface area contributed by atoms with Gasteiger partial charge in [0.2, 0.25) is 59.1 Å². The van der Waals surface area contributed by atoms with E-state index in [0.29, 0.717) is 53.3 Å². The monoisotopic (exact) mass is 1430 g/mol. The average molecular weight is 1430 g/mol. The van der Waals surface area contributed by atoms with Crippen LogP contribution in [0.5, 0.6) is 5.75 Å². The van der Waals surface area contributed by atoms with Crippen molar-refractivity contribution in [2.75, 3.05) is 24.7 Å². The Hall–Kier alpha value is -7.88. The predicted octanol–water partition coefficient (Wildman–Crippen LogP) is 0.177. The van der Waals surface area contributed by atoms with Crippen LogP contribution in [0.2, 0.25) is 0 Å². The highest BCUT2D eigenvalue weighted by molar-refractivity contribution is 8.76. The van der Waals surface area contributed by atoms with E-state index in [0.717, 1.165) is 66.5 Å². The third-order valence-corrected chi connectivity index (χ3v) is 19.8. The maximum Gasteiger partial charge on any atom is 0.244 e. The summed E-state index contributed by atoms with van der Waals surface area (Å²) in [6.45, 7) is 2.87. The number of hydrogen-bond acceptors (Lipinski definition) is 20. The third kappa shape index (κ3) is 26.3. The number of amides is 10. The van der Waals surface area contributed by atoms with Crippen LogP contribution in [-0.2, 0) is 71.9 Å². The second-order valence-corrected chi connectivity index (χ2v) is 27.9. The zero-order valence-corrected chi connectivity index (χ0v) is 58.2. The molecule has 550 valence electrons. The number of aliphatic hydroxyl groups is 5. The van der Waals surface area contributed by atoms with Crippen LogP contribution in [0.3, 0.4) is 0 Å². The number of rotatable bonds is 35. The molecule has 20 N–H and O–H groups in total. The van der Waals surface area contributed by atoms with Gasteiger partial charge in [0, 0.05) is 60.7 Å². The molecule has 0 spiro atoms. The van der Waals surface area contributed by atoms with Gasteiger partial charge in [-0.25, -0.2) is 0 Å². The number of phenolic OH excluding ortho intramolecular Hbond substituents is 1. The number of fused-ring (bicyclic) bond motifs is 1. The lowest BCUT2D eigenvalue weighted by Crippen LogP contribution is -2.63. The van der Waals surface area contributed by atoms with E-state index in [-0.39, 0.29) is 55.9 Å². The summed E-state index contributed by atoms with van der Waals surface area (Å²) in [7, 11) is 1.89. The van der Waals surface area contributed by atoms with Crippen LogP contribution >= 0.6 is 21.6 Å². The molecule has 2 aliphatic rings. The smallest absolute Gasteiger partial charge is 0.244 e. The first kappa shape index (κ1) is 81.1. The lowest BCUT2D eigenvalue weighted by molar-refractivity contribution is -0.236. The van der Waals surface area contributed by atoms with Gasteiger partial charge in [0.15, 0.2) is 6.23 Å². The zero-order valence-electron chi connectivity index (χ0n) is 56.6. The minimum atomic E-state index is -1.79. The number of nitrogens with two attached hydrogens (primary N) is 2. The van der Waals surface area contributed by atoms with E-state index in [2.05, 4.69) is 59.8 Å². The number of phenols is 1. The molecule has 14 atom stereocenters. The Bertz CT molecular complexity index is 3300. The minimum Gasteiger partial charge on any atom is -0.508 e. The van der Waals surface area contributed by atoms with E-state index < -0.39 is 164 Å². The minimum absolute atomic E-state index is 0.0111. The van der Waals surface area contributed by atoms with Gasteiger partial charge < -0.3 is 99.7 Å². The molecule has 0 saturated carbocycles. The van der Waals surface area contributed by atoms with Crippen molar-refractivity contribution in [2.24, 2.45) is 11.5 Å². The molecular weight excluding hydrogens is 1330 g/mol. The first-order valence-electron chi connectivity index (χ1n) is 34.3. The summed E-state index contributed by atoms with van der Waals surface area (Å²) in [5, 5.41) is 86.2. The van der Waals surface area contributed by atoms with Crippen molar-refractivity contribution >= 4 is 91.6 Å². The molecule has 1 aromatic heterocycles. The van der Waals surface area contributed by atoms with Gasteiger partial charge in [-0.05, 0) is 74.0 Å². The number of nitrogens with one attached hydrogen (secondary N) is 10. The van der Waals surface area contributed by atoms with Crippen molar-refractivity contribution in [3.63, 3.8) is 0 Å². The Balaban J connectivity index is 1.34. The number of primary amides is 1. The number of aromatic hydroxyl groups is 1.